The van der Waals surface area contributed by atoms with E-state index in [9.17, 15) is 14.4 Å². The molecule has 1 aromatic carbocycles. The van der Waals surface area contributed by atoms with Gasteiger partial charge in [-0.05, 0) is 18.1 Å². The van der Waals surface area contributed by atoms with Crippen LogP contribution in [-0.2, 0) is 9.59 Å². The van der Waals surface area contributed by atoms with Crippen molar-refractivity contribution < 1.29 is 14.4 Å². The van der Waals surface area contributed by atoms with Crippen molar-refractivity contribution >= 4 is 23.7 Å². The number of aldehydes is 1. The average Bonchev–Trinajstić information content (AvgIpc) is 2.50. The van der Waals surface area contributed by atoms with Gasteiger partial charge in [0.1, 0.15) is 6.29 Å². The Balaban J connectivity index is 3.01. The van der Waals surface area contributed by atoms with Crippen LogP contribution in [0.2, 0.25) is 0 Å². The number of ketones is 1. The van der Waals surface area contributed by atoms with Gasteiger partial charge in [-0.1, -0.05) is 32.9 Å². The predicted octanol–water partition coefficient (Wildman–Crippen LogP) is 3.10. The van der Waals surface area contributed by atoms with Crippen molar-refractivity contribution in [2.24, 2.45) is 11.8 Å². The molecule has 1 rings (SSSR count). The van der Waals surface area contributed by atoms with Crippen molar-refractivity contribution in [1.29, 1.82) is 0 Å². The largest absolute Gasteiger partial charge is 0.315 e. The van der Waals surface area contributed by atoms with Crippen LogP contribution < -0.4 is 4.90 Å². The van der Waals surface area contributed by atoms with Crippen molar-refractivity contribution in [2.45, 2.75) is 33.6 Å². The molecular formula is C17H23NO3. The van der Waals surface area contributed by atoms with E-state index in [1.54, 1.807) is 31.3 Å². The summed E-state index contributed by atoms with van der Waals surface area (Å²) in [6, 6.07) is 7.04. The number of amides is 1. The molecule has 0 aliphatic carbocycles. The van der Waals surface area contributed by atoms with Crippen LogP contribution >= 0.6 is 0 Å². The monoisotopic (exact) mass is 289 g/mol. The molecule has 21 heavy (non-hydrogen) atoms. The average molecular weight is 289 g/mol. The lowest BCUT2D eigenvalue weighted by Gasteiger charge is -2.25. The number of anilines is 1. The van der Waals surface area contributed by atoms with E-state index in [1.165, 1.54) is 4.90 Å². The SMILES string of the molecule is CCC(=O)c1cccc(N(C)C(=O)C(CC=O)C(C)C)c1. The van der Waals surface area contributed by atoms with Gasteiger partial charge in [0.2, 0.25) is 5.91 Å². The lowest BCUT2D eigenvalue weighted by Crippen LogP contribution is -2.35. The van der Waals surface area contributed by atoms with E-state index in [0.717, 1.165) is 6.29 Å². The maximum Gasteiger partial charge on any atom is 0.230 e. The van der Waals surface area contributed by atoms with E-state index in [2.05, 4.69) is 0 Å². The van der Waals surface area contributed by atoms with E-state index in [4.69, 9.17) is 0 Å². The van der Waals surface area contributed by atoms with Gasteiger partial charge >= 0.3 is 0 Å². The second kappa shape index (κ2) is 7.72. The van der Waals surface area contributed by atoms with E-state index in [0.29, 0.717) is 17.7 Å². The molecule has 0 aliphatic rings. The topological polar surface area (TPSA) is 54.5 Å². The summed E-state index contributed by atoms with van der Waals surface area (Å²) in [6.07, 6.45) is 1.43. The van der Waals surface area contributed by atoms with Crippen LogP contribution in [0.15, 0.2) is 24.3 Å². The van der Waals surface area contributed by atoms with Crippen LogP contribution in [0.3, 0.4) is 0 Å². The quantitative estimate of drug-likeness (QED) is 0.572. The Morgan fingerprint density at radius 2 is 1.95 bits per heavy atom. The molecule has 0 N–H and O–H groups in total. The summed E-state index contributed by atoms with van der Waals surface area (Å²) in [6.45, 7) is 5.66. The third-order valence-electron chi connectivity index (χ3n) is 3.68. The zero-order valence-electron chi connectivity index (χ0n) is 13.1. The van der Waals surface area contributed by atoms with E-state index in [-0.39, 0.29) is 29.9 Å². The number of nitrogens with zero attached hydrogens (tertiary/aromatic N) is 1. The van der Waals surface area contributed by atoms with Gasteiger partial charge in [-0.2, -0.15) is 0 Å². The minimum Gasteiger partial charge on any atom is -0.315 e. The Morgan fingerprint density at radius 3 is 2.48 bits per heavy atom. The first-order valence-corrected chi connectivity index (χ1v) is 7.26. The van der Waals surface area contributed by atoms with Crippen molar-refractivity contribution in [3.05, 3.63) is 29.8 Å². The third kappa shape index (κ3) is 4.25. The van der Waals surface area contributed by atoms with Crippen molar-refractivity contribution in [3.8, 4) is 0 Å². The first-order chi connectivity index (χ1) is 9.92. The van der Waals surface area contributed by atoms with Gasteiger partial charge in [-0.25, -0.2) is 0 Å². The first kappa shape index (κ1) is 17.1. The Kier molecular flexibility index (Phi) is 6.28. The van der Waals surface area contributed by atoms with Gasteiger partial charge in [-0.3, -0.25) is 9.59 Å². The van der Waals surface area contributed by atoms with Crippen molar-refractivity contribution in [1.82, 2.24) is 0 Å². The standard InChI is InChI=1S/C17H23NO3/c1-5-16(20)13-7-6-8-14(11-13)18(4)17(21)15(9-10-19)12(2)3/h6-8,10-12,15H,5,9H2,1-4H3. The third-order valence-corrected chi connectivity index (χ3v) is 3.68. The predicted molar refractivity (Wildman–Crippen MR) is 83.5 cm³/mol. The summed E-state index contributed by atoms with van der Waals surface area (Å²) < 4.78 is 0. The van der Waals surface area contributed by atoms with Crippen LogP contribution in [0.5, 0.6) is 0 Å². The van der Waals surface area contributed by atoms with Gasteiger partial charge in [0.05, 0.1) is 0 Å². The summed E-state index contributed by atoms with van der Waals surface area (Å²) in [4.78, 5) is 36.5. The number of Topliss-reactive ketones (excluding diaryl/α,β-unsaturated/α-hetero) is 1. The zero-order valence-corrected chi connectivity index (χ0v) is 13.1. The number of hydrogen-bond acceptors (Lipinski definition) is 3. The van der Waals surface area contributed by atoms with E-state index < -0.39 is 0 Å². The highest BCUT2D eigenvalue weighted by Gasteiger charge is 2.25. The molecule has 0 aromatic heterocycles. The highest BCUT2D eigenvalue weighted by atomic mass is 16.2. The smallest absolute Gasteiger partial charge is 0.230 e. The molecule has 0 bridgehead atoms. The van der Waals surface area contributed by atoms with Gasteiger partial charge in [0.25, 0.3) is 0 Å². The second-order valence-electron chi connectivity index (χ2n) is 5.48. The molecule has 0 aliphatic heterocycles. The summed E-state index contributed by atoms with van der Waals surface area (Å²) in [5.41, 5.74) is 1.28. The van der Waals surface area contributed by atoms with Gasteiger partial charge < -0.3 is 9.69 Å². The molecule has 0 fully saturated rings. The maximum absolute atomic E-state index is 12.5. The summed E-state index contributed by atoms with van der Waals surface area (Å²) in [7, 11) is 1.68. The maximum atomic E-state index is 12.5. The molecule has 1 unspecified atom stereocenters. The van der Waals surface area contributed by atoms with Gasteiger partial charge in [-0.15, -0.1) is 0 Å². The molecule has 4 nitrogen and oxygen atoms in total. The fraction of sp³-hybridized carbons (Fsp3) is 0.471. The molecule has 0 heterocycles. The Hall–Kier alpha value is -1.97. The Bertz CT molecular complexity index is 523. The summed E-state index contributed by atoms with van der Waals surface area (Å²) >= 11 is 0. The second-order valence-corrected chi connectivity index (χ2v) is 5.48. The fourth-order valence-electron chi connectivity index (χ4n) is 2.23. The van der Waals surface area contributed by atoms with E-state index in [1.807, 2.05) is 20.8 Å². The normalized spacial score (nSPS) is 12.0. The van der Waals surface area contributed by atoms with Crippen molar-refractivity contribution in [2.75, 3.05) is 11.9 Å². The fourth-order valence-corrected chi connectivity index (χ4v) is 2.23. The highest BCUT2D eigenvalue weighted by Crippen LogP contribution is 2.22. The summed E-state index contributed by atoms with van der Waals surface area (Å²) in [5, 5.41) is 0. The van der Waals surface area contributed by atoms with Gasteiger partial charge in [0.15, 0.2) is 5.78 Å². The molecule has 4 heteroatoms. The van der Waals surface area contributed by atoms with Gasteiger partial charge in [0, 0.05) is 37.1 Å². The molecule has 0 saturated heterocycles. The number of hydrogen-bond donors (Lipinski definition) is 0. The van der Waals surface area contributed by atoms with Crippen LogP contribution in [0, 0.1) is 11.8 Å². The van der Waals surface area contributed by atoms with E-state index >= 15 is 0 Å². The molecule has 114 valence electrons. The van der Waals surface area contributed by atoms with Crippen LogP contribution in [0.1, 0.15) is 44.0 Å². The Morgan fingerprint density at radius 1 is 1.29 bits per heavy atom. The highest BCUT2D eigenvalue weighted by molar-refractivity contribution is 5.99. The molecule has 1 aromatic rings. The Labute approximate surface area is 126 Å². The van der Waals surface area contributed by atoms with Crippen LogP contribution in [0.4, 0.5) is 5.69 Å². The first-order valence-electron chi connectivity index (χ1n) is 7.26. The number of carbonyl (C=O) groups is 3. The number of benzene rings is 1. The van der Waals surface area contributed by atoms with Crippen molar-refractivity contribution in [3.63, 3.8) is 0 Å². The molecule has 0 radical (unpaired) electrons. The molecular weight excluding hydrogens is 266 g/mol. The lowest BCUT2D eigenvalue weighted by molar-refractivity contribution is -0.125. The molecule has 0 spiro atoms. The minimum absolute atomic E-state index is 0.0472. The zero-order chi connectivity index (χ0) is 16.0. The summed E-state index contributed by atoms with van der Waals surface area (Å²) in [5.74, 6) is -0.298. The number of rotatable bonds is 7. The number of carbonyl (C=O) groups excluding carboxylic acids is 3. The minimum atomic E-state index is -0.335. The van der Waals surface area contributed by atoms with Crippen LogP contribution in [-0.4, -0.2) is 25.0 Å². The van der Waals surface area contributed by atoms with Crippen LogP contribution in [0.25, 0.3) is 0 Å². The molecule has 1 amide bonds. The lowest BCUT2D eigenvalue weighted by atomic mass is 9.91. The molecule has 0 saturated carbocycles. The molecule has 1 atom stereocenters.